The number of carbonyl (C=O) groups excluding carboxylic acids is 1. The van der Waals surface area contributed by atoms with Crippen molar-refractivity contribution in [2.75, 3.05) is 12.4 Å². The van der Waals surface area contributed by atoms with Gasteiger partial charge in [0.05, 0.1) is 18.0 Å². The van der Waals surface area contributed by atoms with Gasteiger partial charge in [0.15, 0.2) is 5.16 Å². The highest BCUT2D eigenvalue weighted by Crippen LogP contribution is 2.29. The maximum absolute atomic E-state index is 12.9. The lowest BCUT2D eigenvalue weighted by Crippen LogP contribution is -2.23. The summed E-state index contributed by atoms with van der Waals surface area (Å²) in [7, 11) is 1.65. The van der Waals surface area contributed by atoms with Crippen molar-refractivity contribution in [3.63, 3.8) is 0 Å². The number of hydrogen-bond donors (Lipinski definition) is 1. The van der Waals surface area contributed by atoms with E-state index >= 15 is 0 Å². The van der Waals surface area contributed by atoms with E-state index in [4.69, 9.17) is 4.74 Å². The maximum Gasteiger partial charge on any atom is 0.237 e. The lowest BCUT2D eigenvalue weighted by atomic mass is 9.97. The predicted molar refractivity (Wildman–Crippen MR) is 119 cm³/mol. The zero-order valence-corrected chi connectivity index (χ0v) is 18.1. The van der Waals surface area contributed by atoms with Crippen molar-refractivity contribution in [3.8, 4) is 11.4 Å². The van der Waals surface area contributed by atoms with E-state index in [1.807, 2.05) is 60.2 Å². The summed E-state index contributed by atoms with van der Waals surface area (Å²) in [5.41, 5.74) is 2.99. The van der Waals surface area contributed by atoms with Crippen LogP contribution in [0.4, 0.5) is 5.69 Å². The summed E-state index contributed by atoms with van der Waals surface area (Å²) in [6, 6.07) is 15.8. The van der Waals surface area contributed by atoms with Crippen molar-refractivity contribution in [2.45, 2.75) is 43.5 Å². The number of carbonyl (C=O) groups is 1. The van der Waals surface area contributed by atoms with Crippen molar-refractivity contribution in [3.05, 3.63) is 66.5 Å². The van der Waals surface area contributed by atoms with E-state index in [0.717, 1.165) is 28.7 Å². The molecule has 6 heteroatoms. The smallest absolute Gasteiger partial charge is 0.237 e. The minimum Gasteiger partial charge on any atom is -0.497 e. The second-order valence-corrected chi connectivity index (χ2v) is 8.24. The number of hydrogen-bond acceptors (Lipinski definition) is 4. The van der Waals surface area contributed by atoms with Crippen molar-refractivity contribution in [1.82, 2.24) is 9.55 Å². The first-order chi connectivity index (χ1) is 14.0. The van der Waals surface area contributed by atoms with Crippen molar-refractivity contribution < 1.29 is 9.53 Å². The van der Waals surface area contributed by atoms with Gasteiger partial charge in [-0.3, -0.25) is 9.36 Å². The van der Waals surface area contributed by atoms with Crippen LogP contribution in [0.15, 0.2) is 66.1 Å². The van der Waals surface area contributed by atoms with E-state index in [9.17, 15) is 4.79 Å². The molecule has 0 fully saturated rings. The topological polar surface area (TPSA) is 56.2 Å². The van der Waals surface area contributed by atoms with Gasteiger partial charge in [-0.15, -0.1) is 0 Å². The number of methoxy groups -OCH3 is 1. The van der Waals surface area contributed by atoms with Crippen LogP contribution >= 0.6 is 11.8 Å². The molecule has 3 aromatic rings. The summed E-state index contributed by atoms with van der Waals surface area (Å²) in [6.45, 7) is 6.23. The minimum atomic E-state index is -0.299. The van der Waals surface area contributed by atoms with Gasteiger partial charge in [0.1, 0.15) is 5.75 Å². The molecule has 0 aliphatic carbocycles. The Bertz CT molecular complexity index is 970. The average Bonchev–Trinajstić information content (AvgIpc) is 3.21. The number of aromatic nitrogens is 2. The average molecular weight is 410 g/mol. The number of ether oxygens (including phenoxy) is 1. The fourth-order valence-electron chi connectivity index (χ4n) is 3.04. The summed E-state index contributed by atoms with van der Waals surface area (Å²) < 4.78 is 7.28. The van der Waals surface area contributed by atoms with Crippen LogP contribution in [0.25, 0.3) is 5.69 Å². The third-order valence-corrected chi connectivity index (χ3v) is 6.03. The number of nitrogens with zero attached hydrogens (tertiary/aromatic N) is 2. The SMILES string of the molecule is CCC(C)c1ccccc1NC(=O)C(C)Sc1nccn1-c1cccc(OC)c1. The molecule has 0 aliphatic heterocycles. The minimum absolute atomic E-state index is 0.0362. The lowest BCUT2D eigenvalue weighted by molar-refractivity contribution is -0.115. The molecule has 0 saturated carbocycles. The van der Waals surface area contributed by atoms with Crippen LogP contribution in [-0.4, -0.2) is 27.8 Å². The van der Waals surface area contributed by atoms with E-state index in [2.05, 4.69) is 30.2 Å². The second kappa shape index (κ2) is 9.65. The van der Waals surface area contributed by atoms with E-state index in [0.29, 0.717) is 5.92 Å². The highest BCUT2D eigenvalue weighted by Gasteiger charge is 2.19. The molecule has 152 valence electrons. The number of thioether (sulfide) groups is 1. The molecule has 1 heterocycles. The van der Waals surface area contributed by atoms with Crippen LogP contribution in [0.2, 0.25) is 0 Å². The van der Waals surface area contributed by atoms with Gasteiger partial charge < -0.3 is 10.1 Å². The quantitative estimate of drug-likeness (QED) is 0.498. The molecule has 29 heavy (non-hydrogen) atoms. The van der Waals surface area contributed by atoms with Gasteiger partial charge in [0, 0.05) is 24.1 Å². The third kappa shape index (κ3) is 5.01. The Labute approximate surface area is 176 Å². The van der Waals surface area contributed by atoms with Crippen LogP contribution in [-0.2, 0) is 4.79 Å². The molecule has 0 aliphatic rings. The summed E-state index contributed by atoms with van der Waals surface area (Å²) in [6.07, 6.45) is 4.65. The molecule has 2 aromatic carbocycles. The number of amides is 1. The number of nitrogens with one attached hydrogen (secondary N) is 1. The van der Waals surface area contributed by atoms with Crippen molar-refractivity contribution in [1.29, 1.82) is 0 Å². The molecule has 1 aromatic heterocycles. The van der Waals surface area contributed by atoms with Crippen molar-refractivity contribution >= 4 is 23.4 Å². The first kappa shape index (κ1) is 21.0. The van der Waals surface area contributed by atoms with E-state index in [1.165, 1.54) is 17.3 Å². The normalized spacial score (nSPS) is 13.0. The molecule has 5 nitrogen and oxygen atoms in total. The van der Waals surface area contributed by atoms with E-state index < -0.39 is 0 Å². The number of para-hydroxylation sites is 1. The molecule has 1 N–H and O–H groups in total. The van der Waals surface area contributed by atoms with E-state index in [-0.39, 0.29) is 11.2 Å². The Morgan fingerprint density at radius 1 is 1.21 bits per heavy atom. The van der Waals surface area contributed by atoms with Gasteiger partial charge in [-0.2, -0.15) is 0 Å². The second-order valence-electron chi connectivity index (χ2n) is 6.93. The fourth-order valence-corrected chi connectivity index (χ4v) is 3.92. The van der Waals surface area contributed by atoms with Gasteiger partial charge in [-0.05, 0) is 43.0 Å². The molecule has 2 atom stereocenters. The van der Waals surface area contributed by atoms with E-state index in [1.54, 1.807) is 13.3 Å². The zero-order valence-electron chi connectivity index (χ0n) is 17.3. The molecule has 3 rings (SSSR count). The number of rotatable bonds is 8. The molecule has 0 spiro atoms. The molecule has 0 saturated heterocycles. The van der Waals surface area contributed by atoms with Crippen LogP contribution in [0.5, 0.6) is 5.75 Å². The number of anilines is 1. The Morgan fingerprint density at radius 2 is 2.00 bits per heavy atom. The van der Waals surface area contributed by atoms with Crippen LogP contribution < -0.4 is 10.1 Å². The Hall–Kier alpha value is -2.73. The third-order valence-electron chi connectivity index (χ3n) is 4.95. The van der Waals surface area contributed by atoms with Crippen LogP contribution in [0.3, 0.4) is 0 Å². The highest BCUT2D eigenvalue weighted by atomic mass is 32.2. The highest BCUT2D eigenvalue weighted by molar-refractivity contribution is 8.00. The van der Waals surface area contributed by atoms with Crippen LogP contribution in [0, 0.1) is 0 Å². The molecule has 2 unspecified atom stereocenters. The largest absolute Gasteiger partial charge is 0.497 e. The summed E-state index contributed by atoms with van der Waals surface area (Å²) in [4.78, 5) is 17.3. The Kier molecular flexibility index (Phi) is 6.99. The molecular weight excluding hydrogens is 382 g/mol. The number of imidazole rings is 1. The first-order valence-electron chi connectivity index (χ1n) is 9.77. The van der Waals surface area contributed by atoms with Crippen LogP contribution in [0.1, 0.15) is 38.7 Å². The molecule has 0 radical (unpaired) electrons. The van der Waals surface area contributed by atoms with Crippen molar-refractivity contribution in [2.24, 2.45) is 0 Å². The first-order valence-corrected chi connectivity index (χ1v) is 10.7. The predicted octanol–water partition coefficient (Wildman–Crippen LogP) is 5.51. The maximum atomic E-state index is 12.9. The molecule has 0 bridgehead atoms. The monoisotopic (exact) mass is 409 g/mol. The Morgan fingerprint density at radius 3 is 2.76 bits per heavy atom. The van der Waals surface area contributed by atoms with Gasteiger partial charge in [0.2, 0.25) is 5.91 Å². The fraction of sp³-hybridized carbons (Fsp3) is 0.304. The van der Waals surface area contributed by atoms with Gasteiger partial charge >= 0.3 is 0 Å². The standard InChI is InChI=1S/C23H27N3O2S/c1-5-16(2)20-11-6-7-12-21(20)25-22(27)17(3)29-23-24-13-14-26(23)18-9-8-10-19(15-18)28-4/h6-17H,5H2,1-4H3,(H,25,27). The van der Waals surface area contributed by atoms with Gasteiger partial charge in [-0.25, -0.2) is 4.98 Å². The summed E-state index contributed by atoms with van der Waals surface area (Å²) in [5, 5.41) is 3.56. The summed E-state index contributed by atoms with van der Waals surface area (Å²) >= 11 is 1.43. The molecular formula is C23H27N3O2S. The number of benzene rings is 2. The lowest BCUT2D eigenvalue weighted by Gasteiger charge is -2.18. The Balaban J connectivity index is 1.74. The van der Waals surface area contributed by atoms with Gasteiger partial charge in [-0.1, -0.05) is 49.9 Å². The zero-order chi connectivity index (χ0) is 20.8. The van der Waals surface area contributed by atoms with Gasteiger partial charge in [0.25, 0.3) is 0 Å². The summed E-state index contributed by atoms with van der Waals surface area (Å²) in [5.74, 6) is 1.13. The molecule has 1 amide bonds.